The molecule has 0 aliphatic carbocycles. The molecule has 2 saturated heterocycles. The molecule has 1 N–H and O–H groups in total. The van der Waals surface area contributed by atoms with E-state index in [1.165, 1.54) is 6.42 Å². The molecule has 0 unspecified atom stereocenters. The fourth-order valence-electron chi connectivity index (χ4n) is 3.36. The number of rotatable bonds is 1. The number of carbonyl (C=O) groups excluding carboxylic acids is 1. The Morgan fingerprint density at radius 2 is 2.10 bits per heavy atom. The lowest BCUT2D eigenvalue weighted by Gasteiger charge is -2.45. The van der Waals surface area contributed by atoms with Crippen molar-refractivity contribution in [2.45, 2.75) is 25.7 Å². The molecule has 0 radical (unpaired) electrons. The number of benzene rings is 1. The van der Waals surface area contributed by atoms with E-state index in [-0.39, 0.29) is 11.4 Å². The first kappa shape index (κ1) is 14.7. The summed E-state index contributed by atoms with van der Waals surface area (Å²) in [5.74, 6) is 0. The zero-order valence-corrected chi connectivity index (χ0v) is 12.9. The number of nitrogens with one attached hydrogen (secondary N) is 1. The third-order valence-corrected chi connectivity index (χ3v) is 4.81. The first-order valence-corrected chi connectivity index (χ1v) is 7.94. The van der Waals surface area contributed by atoms with Gasteiger partial charge < -0.3 is 15.0 Å². The highest BCUT2D eigenvalue weighted by Crippen LogP contribution is 2.39. The van der Waals surface area contributed by atoms with E-state index < -0.39 is 0 Å². The fourth-order valence-corrected chi connectivity index (χ4v) is 3.55. The summed E-state index contributed by atoms with van der Waals surface area (Å²) in [6.45, 7) is 3.31. The van der Waals surface area contributed by atoms with Gasteiger partial charge in [0.2, 0.25) is 0 Å². The van der Waals surface area contributed by atoms with Crippen molar-refractivity contribution in [2.24, 2.45) is 5.41 Å². The number of hydrogen-bond donors (Lipinski definition) is 1. The molecule has 114 valence electrons. The number of halogens is 1. The standard InChI is InChI=1S/C16H21ClN2O2/c17-13-3-1-4-14(11-13)18-15(20)19-8-2-5-16(12-19)6-9-21-10-7-16/h1,3-4,11H,2,5-10,12H2,(H,18,20). The molecule has 2 heterocycles. The van der Waals surface area contributed by atoms with Crippen molar-refractivity contribution >= 4 is 23.3 Å². The van der Waals surface area contributed by atoms with E-state index in [0.29, 0.717) is 5.02 Å². The smallest absolute Gasteiger partial charge is 0.321 e. The van der Waals surface area contributed by atoms with Gasteiger partial charge in [0, 0.05) is 37.0 Å². The van der Waals surface area contributed by atoms with E-state index in [2.05, 4.69) is 5.32 Å². The third-order valence-electron chi connectivity index (χ3n) is 4.58. The van der Waals surface area contributed by atoms with Gasteiger partial charge in [-0.2, -0.15) is 0 Å². The average molecular weight is 309 g/mol. The molecule has 2 aliphatic heterocycles. The Balaban J connectivity index is 1.64. The van der Waals surface area contributed by atoms with E-state index in [4.69, 9.17) is 16.3 Å². The van der Waals surface area contributed by atoms with Crippen molar-refractivity contribution in [1.29, 1.82) is 0 Å². The molecule has 2 aliphatic rings. The predicted octanol–water partition coefficient (Wildman–Crippen LogP) is 3.76. The summed E-state index contributed by atoms with van der Waals surface area (Å²) >= 11 is 5.95. The highest BCUT2D eigenvalue weighted by Gasteiger charge is 2.38. The topological polar surface area (TPSA) is 41.6 Å². The van der Waals surface area contributed by atoms with Gasteiger partial charge in [-0.15, -0.1) is 0 Å². The van der Waals surface area contributed by atoms with Gasteiger partial charge in [-0.1, -0.05) is 17.7 Å². The van der Waals surface area contributed by atoms with Crippen LogP contribution in [0.1, 0.15) is 25.7 Å². The van der Waals surface area contributed by atoms with E-state index in [1.807, 2.05) is 17.0 Å². The van der Waals surface area contributed by atoms with Crippen LogP contribution in [0.2, 0.25) is 5.02 Å². The number of piperidine rings is 1. The number of ether oxygens (including phenoxy) is 1. The summed E-state index contributed by atoms with van der Waals surface area (Å²) in [7, 11) is 0. The number of likely N-dealkylation sites (tertiary alicyclic amines) is 1. The minimum atomic E-state index is -0.0252. The van der Waals surface area contributed by atoms with E-state index >= 15 is 0 Å². The van der Waals surface area contributed by atoms with E-state index in [0.717, 1.165) is 51.3 Å². The maximum atomic E-state index is 12.4. The summed E-state index contributed by atoms with van der Waals surface area (Å²) in [5.41, 5.74) is 1.02. The number of nitrogens with zero attached hydrogens (tertiary/aromatic N) is 1. The highest BCUT2D eigenvalue weighted by molar-refractivity contribution is 6.30. The second-order valence-corrected chi connectivity index (χ2v) is 6.51. The first-order chi connectivity index (χ1) is 10.2. The van der Waals surface area contributed by atoms with Crippen molar-refractivity contribution < 1.29 is 9.53 Å². The Hall–Kier alpha value is -1.26. The molecule has 2 amide bonds. The number of anilines is 1. The molecule has 3 rings (SSSR count). The summed E-state index contributed by atoms with van der Waals surface area (Å²) in [4.78, 5) is 14.4. The molecule has 21 heavy (non-hydrogen) atoms. The summed E-state index contributed by atoms with van der Waals surface area (Å²) < 4.78 is 5.47. The lowest BCUT2D eigenvalue weighted by atomic mass is 9.74. The Bertz CT molecular complexity index is 509. The average Bonchev–Trinajstić information content (AvgIpc) is 2.48. The number of amides is 2. The van der Waals surface area contributed by atoms with Crippen molar-refractivity contribution in [2.75, 3.05) is 31.6 Å². The Morgan fingerprint density at radius 1 is 1.29 bits per heavy atom. The molecule has 1 aromatic rings. The number of carbonyl (C=O) groups is 1. The SMILES string of the molecule is O=C(Nc1cccc(Cl)c1)N1CCCC2(CCOCC2)C1. The van der Waals surface area contributed by atoms with Crippen LogP contribution in [0.15, 0.2) is 24.3 Å². The molecule has 5 heteroatoms. The van der Waals surface area contributed by atoms with Crippen LogP contribution in [0, 0.1) is 5.41 Å². The molecule has 0 bridgehead atoms. The Kier molecular flexibility index (Phi) is 4.36. The monoisotopic (exact) mass is 308 g/mol. The number of hydrogen-bond acceptors (Lipinski definition) is 2. The van der Waals surface area contributed by atoms with Gasteiger partial charge in [0.1, 0.15) is 0 Å². The van der Waals surface area contributed by atoms with Crippen LogP contribution in [0.25, 0.3) is 0 Å². The number of urea groups is 1. The third kappa shape index (κ3) is 3.50. The molecule has 0 atom stereocenters. The van der Waals surface area contributed by atoms with Crippen molar-refractivity contribution in [1.82, 2.24) is 4.90 Å². The molecule has 1 aromatic carbocycles. The molecule has 2 fully saturated rings. The van der Waals surface area contributed by atoms with Crippen molar-refractivity contribution in [3.63, 3.8) is 0 Å². The Labute approximate surface area is 130 Å². The van der Waals surface area contributed by atoms with Crippen LogP contribution in [0.4, 0.5) is 10.5 Å². The fraction of sp³-hybridized carbons (Fsp3) is 0.562. The van der Waals surface area contributed by atoms with Crippen LogP contribution >= 0.6 is 11.6 Å². The minimum Gasteiger partial charge on any atom is -0.381 e. The summed E-state index contributed by atoms with van der Waals surface area (Å²) in [5, 5.41) is 3.58. The van der Waals surface area contributed by atoms with Crippen LogP contribution in [-0.2, 0) is 4.74 Å². The van der Waals surface area contributed by atoms with Crippen molar-refractivity contribution in [3.05, 3.63) is 29.3 Å². The van der Waals surface area contributed by atoms with Crippen LogP contribution in [0.3, 0.4) is 0 Å². The quantitative estimate of drug-likeness (QED) is 0.858. The van der Waals surface area contributed by atoms with Gasteiger partial charge in [-0.25, -0.2) is 4.79 Å². The van der Waals surface area contributed by atoms with Gasteiger partial charge in [0.25, 0.3) is 0 Å². The van der Waals surface area contributed by atoms with E-state index in [9.17, 15) is 4.79 Å². The van der Waals surface area contributed by atoms with Crippen LogP contribution in [0.5, 0.6) is 0 Å². The lowest BCUT2D eigenvalue weighted by molar-refractivity contribution is -0.0175. The van der Waals surface area contributed by atoms with Gasteiger partial charge in [0.15, 0.2) is 0 Å². The summed E-state index contributed by atoms with van der Waals surface area (Å²) in [6.07, 6.45) is 4.40. The molecule has 1 spiro atoms. The van der Waals surface area contributed by atoms with Crippen LogP contribution < -0.4 is 5.32 Å². The molecule has 4 nitrogen and oxygen atoms in total. The molecule has 0 aromatic heterocycles. The van der Waals surface area contributed by atoms with Gasteiger partial charge in [0.05, 0.1) is 0 Å². The predicted molar refractivity (Wildman–Crippen MR) is 83.8 cm³/mol. The Morgan fingerprint density at radius 3 is 2.86 bits per heavy atom. The van der Waals surface area contributed by atoms with Gasteiger partial charge >= 0.3 is 6.03 Å². The van der Waals surface area contributed by atoms with Crippen molar-refractivity contribution in [3.8, 4) is 0 Å². The maximum absolute atomic E-state index is 12.4. The van der Waals surface area contributed by atoms with E-state index in [1.54, 1.807) is 12.1 Å². The second-order valence-electron chi connectivity index (χ2n) is 6.08. The largest absolute Gasteiger partial charge is 0.381 e. The molecule has 0 saturated carbocycles. The lowest BCUT2D eigenvalue weighted by Crippen LogP contribution is -2.49. The van der Waals surface area contributed by atoms with Gasteiger partial charge in [-0.3, -0.25) is 0 Å². The highest BCUT2D eigenvalue weighted by atomic mass is 35.5. The second kappa shape index (κ2) is 6.24. The van der Waals surface area contributed by atoms with Crippen LogP contribution in [-0.4, -0.2) is 37.2 Å². The minimum absolute atomic E-state index is 0.0252. The zero-order valence-electron chi connectivity index (χ0n) is 12.1. The zero-order chi connectivity index (χ0) is 14.7. The molecular weight excluding hydrogens is 288 g/mol. The maximum Gasteiger partial charge on any atom is 0.321 e. The normalized spacial score (nSPS) is 21.3. The first-order valence-electron chi connectivity index (χ1n) is 7.56. The van der Waals surface area contributed by atoms with Gasteiger partial charge in [-0.05, 0) is 49.3 Å². The molecular formula is C16H21ClN2O2. The summed E-state index contributed by atoms with van der Waals surface area (Å²) in [6, 6.07) is 7.25.